The number of hydrogen-bond acceptors (Lipinski definition) is 28. The van der Waals surface area contributed by atoms with E-state index in [1.807, 2.05) is 116 Å². The molecule has 0 saturated heterocycles. The number of aliphatic imine (C=N–C) groups is 1. The second-order valence-electron chi connectivity index (χ2n) is 42.9. The van der Waals surface area contributed by atoms with Crippen molar-refractivity contribution in [1.82, 2.24) is 69.1 Å². The molecule has 18 N–H and O–H groups in total. The lowest BCUT2D eigenvalue weighted by atomic mass is 9.79. The number of hydrogen-bond donors (Lipinski definition) is 16. The topological polar surface area (TPSA) is 463 Å². The average molecular weight is 2100 g/mol. The van der Waals surface area contributed by atoms with E-state index in [1.165, 1.54) is 111 Å². The first-order valence-corrected chi connectivity index (χ1v) is 54.6. The van der Waals surface area contributed by atoms with E-state index in [0.717, 1.165) is 121 Å². The highest BCUT2D eigenvalue weighted by Gasteiger charge is 2.46. The lowest BCUT2D eigenvalue weighted by Gasteiger charge is -2.34. The molecule has 0 bridgehead atoms. The molecule has 4 fully saturated rings. The Labute approximate surface area is 903 Å². The Morgan fingerprint density at radius 2 is 0.799 bits per heavy atom. The van der Waals surface area contributed by atoms with E-state index < -0.39 is 16.6 Å². The second-order valence-corrected chi connectivity index (χ2v) is 42.9. The summed E-state index contributed by atoms with van der Waals surface area (Å²) in [4.78, 5) is 147. The van der Waals surface area contributed by atoms with Crippen molar-refractivity contribution in [2.24, 2.45) is 33.7 Å². The molecule has 9 atom stereocenters. The van der Waals surface area contributed by atoms with Crippen molar-refractivity contribution < 1.29 is 67.4 Å². The highest BCUT2D eigenvalue weighted by atomic mass is 16.3. The summed E-state index contributed by atoms with van der Waals surface area (Å²) in [5.41, 5.74) is 15.5. The Morgan fingerprint density at radius 3 is 1.09 bits per heavy atom. The molecular formula is C119H216N16O14. The molecule has 0 radical (unpaired) electrons. The number of Topliss-reactive ketones (excluding diaryl/α,β-unsaturated/α-hetero) is 13. The van der Waals surface area contributed by atoms with Crippen molar-refractivity contribution in [2.75, 3.05) is 105 Å². The van der Waals surface area contributed by atoms with Crippen molar-refractivity contribution in [2.45, 2.75) is 434 Å². The van der Waals surface area contributed by atoms with E-state index in [1.54, 1.807) is 118 Å². The zero-order valence-electron chi connectivity index (χ0n) is 100. The van der Waals surface area contributed by atoms with Crippen molar-refractivity contribution in [3.05, 3.63) is 102 Å². The Balaban J connectivity index is -0.000000507. The van der Waals surface area contributed by atoms with Crippen LogP contribution in [-0.4, -0.2) is 266 Å². The van der Waals surface area contributed by atoms with Crippen LogP contribution in [0.1, 0.15) is 363 Å². The van der Waals surface area contributed by atoms with E-state index in [4.69, 9.17) is 16.6 Å². The molecule has 149 heavy (non-hydrogen) atoms. The Hall–Kier alpha value is -8.18. The number of unbranched alkanes of at least 4 members (excludes halogenated alkanes) is 1. The molecule has 4 saturated carbocycles. The van der Waals surface area contributed by atoms with Gasteiger partial charge in [-0.2, -0.15) is 0 Å². The third-order valence-corrected chi connectivity index (χ3v) is 29.9. The van der Waals surface area contributed by atoms with Crippen LogP contribution in [0.3, 0.4) is 0 Å². The van der Waals surface area contributed by atoms with Gasteiger partial charge in [-0.05, 0) is 376 Å². The Kier molecular flexibility index (Phi) is 80.7. The SMILES string of the molecule is CCCC[C@H](NC)C(C)=O.CC[C@H](NC)C(C)=O.CNC(C)(C)C(C)=O.CNC1(C(C)=O)CC1.CNC1(C(C)=O)CCCC1.CNC1(C(C)=O)CCCCC1.CN[C@@H](CCC(C)C)C(C)=O.CN[C@@H](CCC1CCCCC1)C(C)=O.CN[C@@H](Cc1ccc(-c2ccccc2)cc1)C(C)=O.CN[C@@](C)(CC1=CCc2ccccc21)C(C)=O.CN[C@@](C)(CCCN=C(N)N)C(C)=O.CN[C@@](C)(CO)C(C)=O.CN[C@H](C(C)=O)C(C)(C)C. The number of aliphatic hydroxyl groups excluding tert-OH is 1. The van der Waals surface area contributed by atoms with Crippen molar-refractivity contribution in [1.29, 1.82) is 0 Å². The van der Waals surface area contributed by atoms with Gasteiger partial charge in [0.15, 0.2) is 11.7 Å². The molecule has 0 heterocycles. The van der Waals surface area contributed by atoms with Gasteiger partial charge in [0, 0.05) is 6.54 Å². The molecule has 5 aliphatic rings. The fourth-order valence-electron chi connectivity index (χ4n) is 17.1. The number of carbonyl (C=O) groups excluding carboxylic acids is 13. The van der Waals surface area contributed by atoms with Crippen LogP contribution in [0.15, 0.2) is 89.9 Å². The quantitative estimate of drug-likeness (QED) is 0.0142. The molecule has 30 nitrogen and oxygen atoms in total. The van der Waals surface area contributed by atoms with Crippen LogP contribution in [0.5, 0.6) is 0 Å². The highest BCUT2D eigenvalue weighted by Crippen LogP contribution is 2.37. The molecule has 3 aromatic carbocycles. The van der Waals surface area contributed by atoms with Gasteiger partial charge in [0.1, 0.15) is 69.4 Å². The van der Waals surface area contributed by atoms with Gasteiger partial charge in [-0.1, -0.05) is 210 Å². The maximum Gasteiger partial charge on any atom is 0.185 e. The number of nitrogens with two attached hydrogens (primary N) is 2. The maximum atomic E-state index is 11.7. The molecule has 0 spiro atoms. The molecule has 0 aliphatic heterocycles. The summed E-state index contributed by atoms with van der Waals surface area (Å²) in [6.07, 6.45) is 33.9. The summed E-state index contributed by atoms with van der Waals surface area (Å²) >= 11 is 0. The molecule has 0 unspecified atom stereocenters. The minimum atomic E-state index is -0.750. The molecule has 0 amide bonds. The number of nitrogens with one attached hydrogen (secondary N) is 13. The van der Waals surface area contributed by atoms with Gasteiger partial charge in [-0.15, -0.1) is 0 Å². The molecule has 5 aliphatic carbocycles. The average Bonchev–Trinajstić information content (AvgIpc) is 1.66. The first-order chi connectivity index (χ1) is 69.5. The number of ketones is 13. The van der Waals surface area contributed by atoms with Crippen LogP contribution in [0.2, 0.25) is 0 Å². The number of carbonyl (C=O) groups is 13. The number of guanidine groups is 1. The summed E-state index contributed by atoms with van der Waals surface area (Å²) in [6.45, 7) is 45.3. The van der Waals surface area contributed by atoms with E-state index >= 15 is 0 Å². The molecule has 856 valence electrons. The van der Waals surface area contributed by atoms with Crippen LogP contribution in [0.4, 0.5) is 0 Å². The molecule has 8 rings (SSSR count). The van der Waals surface area contributed by atoms with Crippen LogP contribution in [0.25, 0.3) is 16.7 Å². The summed E-state index contributed by atoms with van der Waals surface area (Å²) in [6, 6.07) is 27.3. The smallest absolute Gasteiger partial charge is 0.185 e. The van der Waals surface area contributed by atoms with E-state index in [-0.39, 0.29) is 140 Å². The van der Waals surface area contributed by atoms with Gasteiger partial charge in [0.25, 0.3) is 0 Å². The number of aliphatic hydroxyl groups is 1. The summed E-state index contributed by atoms with van der Waals surface area (Å²) in [5, 5.41) is 47.8. The van der Waals surface area contributed by atoms with E-state index in [9.17, 15) is 62.3 Å². The Bertz CT molecular complexity index is 4330. The lowest BCUT2D eigenvalue weighted by Crippen LogP contribution is -2.50. The van der Waals surface area contributed by atoms with Gasteiger partial charge in [-0.25, -0.2) is 0 Å². The largest absolute Gasteiger partial charge is 0.394 e. The van der Waals surface area contributed by atoms with Gasteiger partial charge >= 0.3 is 0 Å². The van der Waals surface area contributed by atoms with E-state index in [2.05, 4.69) is 182 Å². The Morgan fingerprint density at radius 1 is 0.409 bits per heavy atom. The minimum Gasteiger partial charge on any atom is -0.394 e. The van der Waals surface area contributed by atoms with Gasteiger partial charge in [0.05, 0.1) is 81.6 Å². The third-order valence-electron chi connectivity index (χ3n) is 29.9. The van der Waals surface area contributed by atoms with E-state index in [0.29, 0.717) is 24.0 Å². The fraction of sp³-hybridized carbons (Fsp3) is 0.714. The first-order valence-electron chi connectivity index (χ1n) is 54.6. The van der Waals surface area contributed by atoms with Gasteiger partial charge in [0.2, 0.25) is 0 Å². The molecular weight excluding hydrogens is 1880 g/mol. The summed E-state index contributed by atoms with van der Waals surface area (Å²) in [5.74, 6) is 4.35. The predicted octanol–water partition coefficient (Wildman–Crippen LogP) is 15.6. The number of nitrogens with zero attached hydrogens (tertiary/aromatic N) is 1. The number of fused-ring (bicyclic) bond motifs is 1. The third kappa shape index (κ3) is 62.1. The highest BCUT2D eigenvalue weighted by molar-refractivity contribution is 5.91. The van der Waals surface area contributed by atoms with Crippen LogP contribution < -0.4 is 80.6 Å². The van der Waals surface area contributed by atoms with Crippen LogP contribution in [-0.2, 0) is 75.2 Å². The zero-order valence-corrected chi connectivity index (χ0v) is 100. The molecule has 3 aromatic rings. The monoisotopic (exact) mass is 2090 g/mol. The summed E-state index contributed by atoms with van der Waals surface area (Å²) in [7, 11) is 23.7. The second kappa shape index (κ2) is 80.6. The van der Waals surface area contributed by atoms with Crippen molar-refractivity contribution in [3.63, 3.8) is 0 Å². The number of likely N-dealkylation sites (N-methyl/N-ethyl adjacent to an activating group) is 13. The first kappa shape index (κ1) is 149. The fourth-order valence-corrected chi connectivity index (χ4v) is 17.1. The number of benzene rings is 3. The van der Waals surface area contributed by atoms with Crippen molar-refractivity contribution in [3.8, 4) is 11.1 Å². The standard InChI is InChI=1S/C17H19NO.C15H19NO.C12H23NO.C9H20N4O.C9H17NO.C9H19NO.C8H15NO.2C8H17NO.C6H13NO2.C6H11NO.2C6H13NO/c1-13(19)17(18-2)12-14-8-10-16(11-9-14)15-6-4-3-5-7-15;1-11(17)15(2,16-3)10-13-9-8-12-6-4-5-7-14(12)13;1-10(14)12(13-2)9-8-11-6-4-3-5-7-11;1-7(14)9(2,12-3)5-4-6-13-8(10)11;1-8(11)9(10-2)6-4-3-5-7-9;1-7(2)5-6-9(10-4)8(3)11;1-7(10)8(9-2)5-3-4-6-8;1-6(10)7(9-5)8(2,3)4;1-4-5-6-8(9-3)7(2)10;1-5(9)6(2,4-8)7-3;1-5(8)6(7-2)3-4-6;1-5(8)6(2,3)7-4;1-4-6(7-3)5(2)8/h3-11,17-18H,12H2,1-2H3;4-7,9,16H,8,10H2,1-3H3;11-13H,3-9H2,1-2H3;12H,4-6H2,1-3H3,(H4,10,11,13);10H,3-7H2,1-2H3;7,9-10H,5-6H2,1-4H3;9H,3-6H2,1-2H3;7,9H,1-5H3;8-9H,4-6H2,1-3H3;7-8H,4H2,1-3H3;7H,3-4H2,1-2H3;7H,1-4H3;6-7H,4H2,1-3H3/t17-;15-;12-;9-;;9-;;7-;8-;6-;;;6-/m0000.0.100..0/s1. The number of allylic oxidation sites excluding steroid dienone is 1. The van der Waals surface area contributed by atoms with Crippen LogP contribution in [0, 0.1) is 17.3 Å². The molecule has 0 aromatic heterocycles. The minimum absolute atomic E-state index is 0.0208. The molecule has 30 heteroatoms. The van der Waals surface area contributed by atoms with Gasteiger partial charge < -0.3 is 85.7 Å². The number of rotatable bonds is 46. The maximum absolute atomic E-state index is 11.7. The normalized spacial score (nSPS) is 16.5. The zero-order chi connectivity index (χ0) is 116. The predicted molar refractivity (Wildman–Crippen MR) is 622 cm³/mol. The van der Waals surface area contributed by atoms with Crippen LogP contribution >= 0.6 is 0 Å². The lowest BCUT2D eigenvalue weighted by molar-refractivity contribution is -0.125. The summed E-state index contributed by atoms with van der Waals surface area (Å²) < 4.78 is 0. The van der Waals surface area contributed by atoms with Crippen molar-refractivity contribution >= 4 is 86.7 Å². The van der Waals surface area contributed by atoms with Gasteiger partial charge in [-0.3, -0.25) is 67.3 Å².